The lowest BCUT2D eigenvalue weighted by Gasteiger charge is -2.07. The molecule has 2 nitrogen and oxygen atoms in total. The molecule has 0 unspecified atom stereocenters. The number of aryl methyl sites for hydroxylation is 1. The maximum absolute atomic E-state index is 6.10. The molecule has 78 valence electrons. The highest BCUT2D eigenvalue weighted by molar-refractivity contribution is 7.71. The van der Waals surface area contributed by atoms with E-state index in [0.717, 1.165) is 11.4 Å². The molecule has 2 aromatic rings. The Labute approximate surface area is 102 Å². The third-order valence-corrected chi connectivity index (χ3v) is 2.95. The minimum Gasteiger partial charge on any atom is -0.337 e. The van der Waals surface area contributed by atoms with Gasteiger partial charge in [0.2, 0.25) is 0 Å². The quantitative estimate of drug-likeness (QED) is 0.763. The standard InChI is InChI=1S/C10H8Cl2N2S/c1-6-5-13-10(15)14(6)9-3-2-7(11)4-8(9)12/h2-5H,1H3,(H,13,15). The fourth-order valence-corrected chi connectivity index (χ4v) is 2.21. The van der Waals surface area contributed by atoms with Crippen molar-refractivity contribution in [1.82, 2.24) is 9.55 Å². The van der Waals surface area contributed by atoms with Crippen LogP contribution in [0.5, 0.6) is 0 Å². The minimum atomic E-state index is 0.585. The van der Waals surface area contributed by atoms with E-state index < -0.39 is 0 Å². The number of benzene rings is 1. The van der Waals surface area contributed by atoms with Gasteiger partial charge in [0.15, 0.2) is 4.77 Å². The van der Waals surface area contributed by atoms with Crippen LogP contribution in [0.25, 0.3) is 5.69 Å². The Kier molecular flexibility index (Phi) is 2.87. The highest BCUT2D eigenvalue weighted by Crippen LogP contribution is 2.25. The molecule has 1 N–H and O–H groups in total. The van der Waals surface area contributed by atoms with Gasteiger partial charge in [-0.25, -0.2) is 0 Å². The van der Waals surface area contributed by atoms with Crippen molar-refractivity contribution in [2.24, 2.45) is 0 Å². The van der Waals surface area contributed by atoms with E-state index >= 15 is 0 Å². The summed E-state index contributed by atoms with van der Waals surface area (Å²) in [5, 5.41) is 1.20. The first kappa shape index (κ1) is 10.7. The number of rotatable bonds is 1. The van der Waals surface area contributed by atoms with Gasteiger partial charge in [0, 0.05) is 16.9 Å². The summed E-state index contributed by atoms with van der Waals surface area (Å²) in [6.07, 6.45) is 1.84. The van der Waals surface area contributed by atoms with Gasteiger partial charge < -0.3 is 4.98 Å². The Bertz CT molecular complexity index is 557. The summed E-state index contributed by atoms with van der Waals surface area (Å²) in [6.45, 7) is 1.96. The number of nitrogens with zero attached hydrogens (tertiary/aromatic N) is 1. The van der Waals surface area contributed by atoms with E-state index in [0.29, 0.717) is 14.8 Å². The molecule has 0 spiro atoms. The van der Waals surface area contributed by atoms with Crippen molar-refractivity contribution < 1.29 is 0 Å². The summed E-state index contributed by atoms with van der Waals surface area (Å²) in [6, 6.07) is 5.34. The maximum Gasteiger partial charge on any atom is 0.182 e. The van der Waals surface area contributed by atoms with Gasteiger partial charge in [0.25, 0.3) is 0 Å². The third kappa shape index (κ3) is 1.95. The molecule has 0 atom stereocenters. The monoisotopic (exact) mass is 258 g/mol. The lowest BCUT2D eigenvalue weighted by atomic mass is 10.3. The van der Waals surface area contributed by atoms with Crippen molar-refractivity contribution in [2.45, 2.75) is 6.92 Å². The van der Waals surface area contributed by atoms with Crippen LogP contribution in [-0.2, 0) is 0 Å². The molecule has 0 saturated carbocycles. The van der Waals surface area contributed by atoms with Crippen LogP contribution >= 0.6 is 35.4 Å². The molecular formula is C10H8Cl2N2S. The molecule has 0 aliphatic rings. The van der Waals surface area contributed by atoms with E-state index in [1.807, 2.05) is 23.8 Å². The van der Waals surface area contributed by atoms with Crippen molar-refractivity contribution in [2.75, 3.05) is 0 Å². The van der Waals surface area contributed by atoms with E-state index in [9.17, 15) is 0 Å². The summed E-state index contributed by atoms with van der Waals surface area (Å²) in [5.74, 6) is 0. The Morgan fingerprint density at radius 1 is 1.33 bits per heavy atom. The Balaban J connectivity index is 2.69. The van der Waals surface area contributed by atoms with Crippen LogP contribution < -0.4 is 0 Å². The highest BCUT2D eigenvalue weighted by Gasteiger charge is 2.06. The van der Waals surface area contributed by atoms with E-state index in [-0.39, 0.29) is 0 Å². The lowest BCUT2D eigenvalue weighted by Crippen LogP contribution is -1.97. The fourth-order valence-electron chi connectivity index (χ4n) is 1.42. The second-order valence-corrected chi connectivity index (χ2v) is 4.40. The van der Waals surface area contributed by atoms with E-state index in [1.54, 1.807) is 12.1 Å². The molecule has 0 bridgehead atoms. The van der Waals surface area contributed by atoms with Crippen LogP contribution in [0.1, 0.15) is 5.69 Å². The number of hydrogen-bond acceptors (Lipinski definition) is 1. The lowest BCUT2D eigenvalue weighted by molar-refractivity contribution is 0.985. The Morgan fingerprint density at radius 2 is 2.07 bits per heavy atom. The molecule has 0 fully saturated rings. The van der Waals surface area contributed by atoms with Crippen molar-refractivity contribution in [3.63, 3.8) is 0 Å². The van der Waals surface area contributed by atoms with Crippen LogP contribution in [0.3, 0.4) is 0 Å². The van der Waals surface area contributed by atoms with Crippen LogP contribution in [0.15, 0.2) is 24.4 Å². The van der Waals surface area contributed by atoms with E-state index in [2.05, 4.69) is 4.98 Å². The van der Waals surface area contributed by atoms with Crippen LogP contribution in [0.4, 0.5) is 0 Å². The topological polar surface area (TPSA) is 20.7 Å². The molecular weight excluding hydrogens is 251 g/mol. The van der Waals surface area contributed by atoms with E-state index in [4.69, 9.17) is 35.4 Å². The summed E-state index contributed by atoms with van der Waals surface area (Å²) < 4.78 is 2.49. The second kappa shape index (κ2) is 4.00. The molecule has 5 heteroatoms. The smallest absolute Gasteiger partial charge is 0.182 e. The predicted molar refractivity (Wildman–Crippen MR) is 65.7 cm³/mol. The number of halogens is 2. The van der Waals surface area contributed by atoms with Crippen LogP contribution in [-0.4, -0.2) is 9.55 Å². The molecule has 1 heterocycles. The van der Waals surface area contributed by atoms with Crippen LogP contribution in [0.2, 0.25) is 10.0 Å². The molecule has 0 radical (unpaired) electrons. The number of aromatic nitrogens is 2. The van der Waals surface area contributed by atoms with Gasteiger partial charge in [-0.3, -0.25) is 4.57 Å². The molecule has 1 aromatic heterocycles. The predicted octanol–water partition coefficient (Wildman–Crippen LogP) is 4.15. The summed E-state index contributed by atoms with van der Waals surface area (Å²) in [4.78, 5) is 2.96. The zero-order valence-corrected chi connectivity index (χ0v) is 10.2. The number of nitrogens with one attached hydrogen (secondary N) is 1. The summed E-state index contributed by atoms with van der Waals surface area (Å²) in [5.41, 5.74) is 1.84. The summed E-state index contributed by atoms with van der Waals surface area (Å²) in [7, 11) is 0. The van der Waals surface area contributed by atoms with Crippen LogP contribution in [0, 0.1) is 11.7 Å². The molecule has 0 amide bonds. The van der Waals surface area contributed by atoms with E-state index in [1.165, 1.54) is 0 Å². The number of hydrogen-bond donors (Lipinski definition) is 1. The van der Waals surface area contributed by atoms with Gasteiger partial charge in [-0.2, -0.15) is 0 Å². The largest absolute Gasteiger partial charge is 0.337 e. The average molecular weight is 259 g/mol. The zero-order valence-electron chi connectivity index (χ0n) is 7.92. The van der Waals surface area contributed by atoms with Gasteiger partial charge in [0.05, 0.1) is 10.7 Å². The highest BCUT2D eigenvalue weighted by atomic mass is 35.5. The molecule has 1 aromatic carbocycles. The first-order valence-corrected chi connectivity index (χ1v) is 5.48. The summed E-state index contributed by atoms with van der Waals surface area (Å²) >= 11 is 17.1. The minimum absolute atomic E-state index is 0.585. The van der Waals surface area contributed by atoms with Crippen molar-refractivity contribution >= 4 is 35.4 Å². The van der Waals surface area contributed by atoms with Crippen molar-refractivity contribution in [3.05, 3.63) is 44.9 Å². The molecule has 0 saturated heterocycles. The first-order chi connectivity index (χ1) is 7.09. The fraction of sp³-hybridized carbons (Fsp3) is 0.100. The van der Waals surface area contributed by atoms with Crippen molar-refractivity contribution in [3.8, 4) is 5.69 Å². The second-order valence-electron chi connectivity index (χ2n) is 3.17. The number of imidazole rings is 1. The molecule has 15 heavy (non-hydrogen) atoms. The van der Waals surface area contributed by atoms with Gasteiger partial charge in [-0.15, -0.1) is 0 Å². The van der Waals surface area contributed by atoms with Gasteiger partial charge >= 0.3 is 0 Å². The van der Waals surface area contributed by atoms with Gasteiger partial charge in [0.1, 0.15) is 0 Å². The zero-order chi connectivity index (χ0) is 11.0. The molecule has 0 aliphatic heterocycles. The SMILES string of the molecule is Cc1c[nH]c(=S)n1-c1ccc(Cl)cc1Cl. The number of H-pyrrole nitrogens is 1. The van der Waals surface area contributed by atoms with Gasteiger partial charge in [-0.05, 0) is 37.3 Å². The average Bonchev–Trinajstić information content (AvgIpc) is 2.48. The van der Waals surface area contributed by atoms with Crippen molar-refractivity contribution in [1.29, 1.82) is 0 Å². The first-order valence-electron chi connectivity index (χ1n) is 4.32. The Hall–Kier alpha value is -0.770. The number of aromatic amines is 1. The normalized spacial score (nSPS) is 10.6. The molecule has 2 rings (SSSR count). The van der Waals surface area contributed by atoms with Gasteiger partial charge in [-0.1, -0.05) is 23.2 Å². The maximum atomic E-state index is 6.10. The molecule has 0 aliphatic carbocycles. The third-order valence-electron chi connectivity index (χ3n) is 2.11. The Morgan fingerprint density at radius 3 is 2.60 bits per heavy atom.